The molecular formula is C16H26N2O. The predicted octanol–water partition coefficient (Wildman–Crippen LogP) is 2.91. The van der Waals surface area contributed by atoms with Crippen molar-refractivity contribution in [3.05, 3.63) is 24.3 Å². The van der Waals surface area contributed by atoms with Gasteiger partial charge in [-0.05, 0) is 43.0 Å². The van der Waals surface area contributed by atoms with Gasteiger partial charge in [0, 0.05) is 31.9 Å². The number of benzene rings is 1. The fraction of sp³-hybridized carbons (Fsp3) is 0.625. The van der Waals surface area contributed by atoms with Crippen molar-refractivity contribution in [2.75, 3.05) is 37.7 Å². The van der Waals surface area contributed by atoms with Gasteiger partial charge in [0.15, 0.2) is 0 Å². The normalized spacial score (nSPS) is 15.8. The van der Waals surface area contributed by atoms with Crippen LogP contribution in [0, 0.1) is 5.92 Å². The zero-order chi connectivity index (χ0) is 13.5. The quantitative estimate of drug-likeness (QED) is 0.798. The van der Waals surface area contributed by atoms with E-state index in [1.54, 1.807) is 0 Å². The van der Waals surface area contributed by atoms with E-state index in [2.05, 4.69) is 48.3 Å². The Kier molecular flexibility index (Phi) is 5.52. The van der Waals surface area contributed by atoms with Gasteiger partial charge in [0.2, 0.25) is 0 Å². The third kappa shape index (κ3) is 4.75. The molecule has 0 amide bonds. The molecule has 1 aliphatic heterocycles. The van der Waals surface area contributed by atoms with Crippen LogP contribution in [0.3, 0.4) is 0 Å². The molecule has 0 saturated carbocycles. The molecule has 0 aliphatic carbocycles. The van der Waals surface area contributed by atoms with E-state index in [4.69, 9.17) is 4.74 Å². The summed E-state index contributed by atoms with van der Waals surface area (Å²) in [5.74, 6) is 1.75. The van der Waals surface area contributed by atoms with Gasteiger partial charge in [-0.2, -0.15) is 0 Å². The standard InChI is InChI=1S/C16H26N2O/c1-14(2)4-3-13-19-16-7-5-15(6-8-16)18-11-9-17-10-12-18/h5-8,14,17H,3-4,9-13H2,1-2H3. The maximum absolute atomic E-state index is 5.77. The summed E-state index contributed by atoms with van der Waals surface area (Å²) in [6.07, 6.45) is 2.37. The van der Waals surface area contributed by atoms with Crippen LogP contribution < -0.4 is 15.0 Å². The fourth-order valence-electron chi connectivity index (χ4n) is 2.36. The van der Waals surface area contributed by atoms with E-state index in [1.165, 1.54) is 12.1 Å². The number of ether oxygens (including phenoxy) is 1. The highest BCUT2D eigenvalue weighted by Gasteiger charge is 2.09. The highest BCUT2D eigenvalue weighted by molar-refractivity contribution is 5.49. The van der Waals surface area contributed by atoms with Crippen LogP contribution in [0.25, 0.3) is 0 Å². The lowest BCUT2D eigenvalue weighted by Gasteiger charge is -2.29. The van der Waals surface area contributed by atoms with Crippen LogP contribution in [0.1, 0.15) is 26.7 Å². The number of piperazine rings is 1. The van der Waals surface area contributed by atoms with Gasteiger partial charge in [0.1, 0.15) is 5.75 Å². The predicted molar refractivity (Wildman–Crippen MR) is 81.1 cm³/mol. The van der Waals surface area contributed by atoms with Gasteiger partial charge in [0.05, 0.1) is 6.61 Å². The third-order valence-electron chi connectivity index (χ3n) is 3.51. The van der Waals surface area contributed by atoms with Gasteiger partial charge < -0.3 is 15.0 Å². The third-order valence-corrected chi connectivity index (χ3v) is 3.51. The number of hydrogen-bond acceptors (Lipinski definition) is 3. The van der Waals surface area contributed by atoms with E-state index >= 15 is 0 Å². The van der Waals surface area contributed by atoms with Crippen molar-refractivity contribution in [1.82, 2.24) is 5.32 Å². The molecule has 0 bridgehead atoms. The Morgan fingerprint density at radius 3 is 2.47 bits per heavy atom. The summed E-state index contributed by atoms with van der Waals surface area (Å²) >= 11 is 0. The maximum atomic E-state index is 5.77. The molecule has 106 valence electrons. The smallest absolute Gasteiger partial charge is 0.119 e. The Balaban J connectivity index is 1.77. The van der Waals surface area contributed by atoms with E-state index in [0.29, 0.717) is 0 Å². The summed E-state index contributed by atoms with van der Waals surface area (Å²) in [4.78, 5) is 2.42. The summed E-state index contributed by atoms with van der Waals surface area (Å²) < 4.78 is 5.77. The molecule has 0 atom stereocenters. The summed E-state index contributed by atoms with van der Waals surface area (Å²) in [5.41, 5.74) is 1.30. The van der Waals surface area contributed by atoms with Crippen LogP contribution in [0.2, 0.25) is 0 Å². The van der Waals surface area contributed by atoms with E-state index in [1.807, 2.05) is 0 Å². The zero-order valence-electron chi connectivity index (χ0n) is 12.2. The van der Waals surface area contributed by atoms with Crippen molar-refractivity contribution < 1.29 is 4.74 Å². The van der Waals surface area contributed by atoms with Crippen LogP contribution in [0.5, 0.6) is 5.75 Å². The van der Waals surface area contributed by atoms with E-state index in [0.717, 1.165) is 50.9 Å². The van der Waals surface area contributed by atoms with Crippen molar-refractivity contribution >= 4 is 5.69 Å². The molecule has 1 aromatic rings. The van der Waals surface area contributed by atoms with Crippen molar-refractivity contribution in [2.45, 2.75) is 26.7 Å². The second kappa shape index (κ2) is 7.39. The topological polar surface area (TPSA) is 24.5 Å². The fourth-order valence-corrected chi connectivity index (χ4v) is 2.36. The lowest BCUT2D eigenvalue weighted by Crippen LogP contribution is -2.43. The average Bonchev–Trinajstić information content (AvgIpc) is 2.45. The SMILES string of the molecule is CC(C)CCCOc1ccc(N2CCNCC2)cc1. The minimum absolute atomic E-state index is 0.763. The molecule has 0 unspecified atom stereocenters. The molecule has 1 heterocycles. The molecule has 1 aliphatic rings. The molecule has 1 aromatic carbocycles. The van der Waals surface area contributed by atoms with E-state index < -0.39 is 0 Å². The number of rotatable bonds is 6. The average molecular weight is 262 g/mol. The lowest BCUT2D eigenvalue weighted by molar-refractivity contribution is 0.298. The second-order valence-electron chi connectivity index (χ2n) is 5.62. The van der Waals surface area contributed by atoms with Crippen LogP contribution in [-0.4, -0.2) is 32.8 Å². The highest BCUT2D eigenvalue weighted by Crippen LogP contribution is 2.20. The minimum Gasteiger partial charge on any atom is -0.494 e. The molecule has 0 spiro atoms. The Morgan fingerprint density at radius 1 is 1.16 bits per heavy atom. The maximum Gasteiger partial charge on any atom is 0.119 e. The first-order valence-electron chi connectivity index (χ1n) is 7.44. The molecule has 19 heavy (non-hydrogen) atoms. The number of hydrogen-bond donors (Lipinski definition) is 1. The monoisotopic (exact) mass is 262 g/mol. The molecule has 3 nitrogen and oxygen atoms in total. The molecule has 1 fully saturated rings. The van der Waals surface area contributed by atoms with Crippen molar-refractivity contribution in [3.8, 4) is 5.75 Å². The van der Waals surface area contributed by atoms with Gasteiger partial charge in [-0.1, -0.05) is 13.8 Å². The minimum atomic E-state index is 0.763. The van der Waals surface area contributed by atoms with Gasteiger partial charge in [-0.15, -0.1) is 0 Å². The van der Waals surface area contributed by atoms with Gasteiger partial charge in [-0.3, -0.25) is 0 Å². The number of nitrogens with one attached hydrogen (secondary N) is 1. The van der Waals surface area contributed by atoms with Gasteiger partial charge in [0.25, 0.3) is 0 Å². The second-order valence-corrected chi connectivity index (χ2v) is 5.62. The number of anilines is 1. The summed E-state index contributed by atoms with van der Waals surface area (Å²) in [6, 6.07) is 8.52. The highest BCUT2D eigenvalue weighted by atomic mass is 16.5. The van der Waals surface area contributed by atoms with Crippen LogP contribution in [-0.2, 0) is 0 Å². The molecule has 1 N–H and O–H groups in total. The first kappa shape index (κ1) is 14.2. The van der Waals surface area contributed by atoms with Crippen molar-refractivity contribution in [3.63, 3.8) is 0 Å². The summed E-state index contributed by atoms with van der Waals surface area (Å²) in [5, 5.41) is 3.37. The molecule has 2 rings (SSSR count). The number of nitrogens with zero attached hydrogens (tertiary/aromatic N) is 1. The molecule has 0 aromatic heterocycles. The van der Waals surface area contributed by atoms with Gasteiger partial charge in [-0.25, -0.2) is 0 Å². The van der Waals surface area contributed by atoms with Crippen LogP contribution in [0.15, 0.2) is 24.3 Å². The van der Waals surface area contributed by atoms with Gasteiger partial charge >= 0.3 is 0 Å². The first-order valence-corrected chi connectivity index (χ1v) is 7.44. The first-order chi connectivity index (χ1) is 9.25. The van der Waals surface area contributed by atoms with Crippen molar-refractivity contribution in [1.29, 1.82) is 0 Å². The Hall–Kier alpha value is -1.22. The summed E-state index contributed by atoms with van der Waals surface area (Å²) in [6.45, 7) is 9.67. The van der Waals surface area contributed by atoms with Crippen molar-refractivity contribution in [2.24, 2.45) is 5.92 Å². The van der Waals surface area contributed by atoms with Crippen LogP contribution in [0.4, 0.5) is 5.69 Å². The van der Waals surface area contributed by atoms with Crippen LogP contribution >= 0.6 is 0 Å². The Morgan fingerprint density at radius 2 is 1.84 bits per heavy atom. The Bertz CT molecular complexity index is 356. The van der Waals surface area contributed by atoms with E-state index in [9.17, 15) is 0 Å². The summed E-state index contributed by atoms with van der Waals surface area (Å²) in [7, 11) is 0. The molecule has 0 radical (unpaired) electrons. The molecular weight excluding hydrogens is 236 g/mol. The van der Waals surface area contributed by atoms with E-state index in [-0.39, 0.29) is 0 Å². The molecule has 1 saturated heterocycles. The largest absolute Gasteiger partial charge is 0.494 e. The zero-order valence-corrected chi connectivity index (χ0v) is 12.2. The molecule has 3 heteroatoms. The Labute approximate surface area is 116 Å². The lowest BCUT2D eigenvalue weighted by atomic mass is 10.1.